The summed E-state index contributed by atoms with van der Waals surface area (Å²) >= 11 is 0. The molecule has 6 nitrogen and oxygen atoms in total. The van der Waals surface area contributed by atoms with E-state index in [1.807, 2.05) is 12.3 Å². The van der Waals surface area contributed by atoms with Gasteiger partial charge < -0.3 is 15.2 Å². The number of aromatic nitrogens is 3. The van der Waals surface area contributed by atoms with E-state index >= 15 is 0 Å². The smallest absolute Gasteiger partial charge is 0.187 e. The van der Waals surface area contributed by atoms with E-state index in [-0.39, 0.29) is 0 Å². The second-order valence-corrected chi connectivity index (χ2v) is 6.13. The van der Waals surface area contributed by atoms with Crippen molar-refractivity contribution in [1.82, 2.24) is 15.0 Å². The van der Waals surface area contributed by atoms with Gasteiger partial charge in [-0.1, -0.05) is 13.8 Å². The first-order valence-corrected chi connectivity index (χ1v) is 7.89. The molecular formula is C17H22N4O2. The maximum Gasteiger partial charge on any atom is 0.187 e. The summed E-state index contributed by atoms with van der Waals surface area (Å²) in [5, 5.41) is 0. The number of nitrogens with zero attached hydrogens (tertiary/aromatic N) is 3. The van der Waals surface area contributed by atoms with Crippen molar-refractivity contribution in [2.24, 2.45) is 0 Å². The Kier molecular flexibility index (Phi) is 4.43. The van der Waals surface area contributed by atoms with Gasteiger partial charge in [0.05, 0.1) is 12.8 Å². The van der Waals surface area contributed by atoms with E-state index in [1.54, 1.807) is 13.1 Å². The van der Waals surface area contributed by atoms with Crippen LogP contribution in [0.2, 0.25) is 0 Å². The molecule has 6 heteroatoms. The van der Waals surface area contributed by atoms with Gasteiger partial charge in [0.1, 0.15) is 11.6 Å². The lowest BCUT2D eigenvalue weighted by atomic mass is 9.99. The van der Waals surface area contributed by atoms with Gasteiger partial charge in [-0.15, -0.1) is 0 Å². The molecule has 23 heavy (non-hydrogen) atoms. The molecule has 2 aromatic heterocycles. The molecule has 1 saturated heterocycles. The zero-order valence-corrected chi connectivity index (χ0v) is 13.7. The summed E-state index contributed by atoms with van der Waals surface area (Å²) in [5.41, 5.74) is 7.97. The maximum absolute atomic E-state index is 6.03. The molecule has 1 fully saturated rings. The minimum atomic E-state index is 0.291. The zero-order chi connectivity index (χ0) is 16.4. The molecule has 1 unspecified atom stereocenters. The molecule has 0 saturated carbocycles. The molecule has 1 atom stereocenters. The fourth-order valence-corrected chi connectivity index (χ4v) is 2.65. The molecule has 122 valence electrons. The van der Waals surface area contributed by atoms with Crippen LogP contribution in [-0.2, 0) is 4.74 Å². The number of anilines is 1. The van der Waals surface area contributed by atoms with Gasteiger partial charge in [-0.3, -0.25) is 4.98 Å². The lowest BCUT2D eigenvalue weighted by molar-refractivity contribution is 0.193. The fraction of sp³-hybridized carbons (Fsp3) is 0.471. The van der Waals surface area contributed by atoms with Gasteiger partial charge >= 0.3 is 0 Å². The van der Waals surface area contributed by atoms with Crippen LogP contribution in [0.25, 0.3) is 0 Å². The monoisotopic (exact) mass is 314 g/mol. The number of nitrogen functional groups attached to an aromatic ring is 1. The Morgan fingerprint density at radius 1 is 1.26 bits per heavy atom. The molecule has 0 radical (unpaired) electrons. The molecule has 0 aliphatic carbocycles. The molecule has 0 spiro atoms. The van der Waals surface area contributed by atoms with Gasteiger partial charge in [0.15, 0.2) is 11.6 Å². The van der Waals surface area contributed by atoms with Crippen molar-refractivity contribution in [1.29, 1.82) is 0 Å². The minimum Gasteiger partial charge on any atom is -0.451 e. The average molecular weight is 314 g/mol. The Labute approximate surface area is 136 Å². The van der Waals surface area contributed by atoms with Crippen LogP contribution >= 0.6 is 0 Å². The number of rotatable bonds is 4. The van der Waals surface area contributed by atoms with Crippen molar-refractivity contribution in [3.8, 4) is 11.5 Å². The Balaban J connectivity index is 1.95. The maximum atomic E-state index is 6.03. The third-order valence-electron chi connectivity index (χ3n) is 4.01. The minimum absolute atomic E-state index is 0.291. The number of hydrogen-bond donors (Lipinski definition) is 1. The van der Waals surface area contributed by atoms with Crippen molar-refractivity contribution < 1.29 is 9.47 Å². The van der Waals surface area contributed by atoms with E-state index in [0.29, 0.717) is 35.8 Å². The lowest BCUT2D eigenvalue weighted by Crippen LogP contribution is -2.05. The van der Waals surface area contributed by atoms with Crippen molar-refractivity contribution in [3.63, 3.8) is 0 Å². The first kappa shape index (κ1) is 15.7. The number of pyridine rings is 1. The highest BCUT2D eigenvalue weighted by Crippen LogP contribution is 2.35. The summed E-state index contributed by atoms with van der Waals surface area (Å²) in [6.07, 6.45) is 4.49. The third kappa shape index (κ3) is 3.42. The molecular weight excluding hydrogens is 292 g/mol. The van der Waals surface area contributed by atoms with E-state index in [9.17, 15) is 0 Å². The van der Waals surface area contributed by atoms with E-state index in [1.165, 1.54) is 0 Å². The van der Waals surface area contributed by atoms with E-state index in [4.69, 9.17) is 15.2 Å². The number of hydrogen-bond acceptors (Lipinski definition) is 6. The molecule has 0 amide bonds. The van der Waals surface area contributed by atoms with Crippen LogP contribution in [0.4, 0.5) is 5.82 Å². The van der Waals surface area contributed by atoms with Gasteiger partial charge in [-0.25, -0.2) is 9.97 Å². The molecule has 0 bridgehead atoms. The van der Waals surface area contributed by atoms with Gasteiger partial charge in [0.25, 0.3) is 0 Å². The molecule has 3 rings (SSSR count). The predicted octanol–water partition coefficient (Wildman–Crippen LogP) is 3.18. The summed E-state index contributed by atoms with van der Waals surface area (Å²) in [6.45, 7) is 7.51. The largest absolute Gasteiger partial charge is 0.451 e. The molecule has 1 aliphatic heterocycles. The summed E-state index contributed by atoms with van der Waals surface area (Å²) in [5.74, 6) is 2.81. The second-order valence-electron chi connectivity index (χ2n) is 6.13. The third-order valence-corrected chi connectivity index (χ3v) is 4.01. The highest BCUT2D eigenvalue weighted by atomic mass is 16.5. The van der Waals surface area contributed by atoms with Crippen LogP contribution in [0, 0.1) is 6.92 Å². The van der Waals surface area contributed by atoms with E-state index in [2.05, 4.69) is 28.8 Å². The second kappa shape index (κ2) is 6.50. The Morgan fingerprint density at radius 3 is 2.74 bits per heavy atom. The highest BCUT2D eigenvalue weighted by Gasteiger charge is 2.21. The first-order chi connectivity index (χ1) is 11.0. The molecule has 3 heterocycles. The standard InChI is InChI=1S/C17H22N4O2/c1-10(2)13-7-20-14(12-4-5-22-9-12)6-15(13)23-16-8-19-11(3)21-17(16)18/h6-8,10,12H,4-5,9H2,1-3H3,(H2,18,19,21). The van der Waals surface area contributed by atoms with Crippen LogP contribution in [-0.4, -0.2) is 28.2 Å². The average Bonchev–Trinajstić information content (AvgIpc) is 3.04. The fourth-order valence-electron chi connectivity index (χ4n) is 2.65. The lowest BCUT2D eigenvalue weighted by Gasteiger charge is -2.17. The Bertz CT molecular complexity index is 697. The van der Waals surface area contributed by atoms with Gasteiger partial charge in [0, 0.05) is 36.0 Å². The number of nitrogens with two attached hydrogens (primary N) is 1. The normalized spacial score (nSPS) is 17.7. The van der Waals surface area contributed by atoms with Crippen LogP contribution in [0.1, 0.15) is 49.2 Å². The summed E-state index contributed by atoms with van der Waals surface area (Å²) in [6, 6.07) is 1.99. The first-order valence-electron chi connectivity index (χ1n) is 7.89. The molecule has 0 aromatic carbocycles. The summed E-state index contributed by atoms with van der Waals surface area (Å²) in [7, 11) is 0. The summed E-state index contributed by atoms with van der Waals surface area (Å²) in [4.78, 5) is 12.9. The van der Waals surface area contributed by atoms with E-state index < -0.39 is 0 Å². The van der Waals surface area contributed by atoms with Crippen molar-refractivity contribution in [2.75, 3.05) is 18.9 Å². The van der Waals surface area contributed by atoms with Crippen LogP contribution in [0.15, 0.2) is 18.5 Å². The Morgan fingerprint density at radius 2 is 2.09 bits per heavy atom. The number of ether oxygens (including phenoxy) is 2. The number of aryl methyl sites for hydroxylation is 1. The van der Waals surface area contributed by atoms with Crippen LogP contribution in [0.5, 0.6) is 11.5 Å². The van der Waals surface area contributed by atoms with Crippen molar-refractivity contribution in [2.45, 2.75) is 39.0 Å². The van der Waals surface area contributed by atoms with Crippen LogP contribution < -0.4 is 10.5 Å². The van der Waals surface area contributed by atoms with Crippen LogP contribution in [0.3, 0.4) is 0 Å². The predicted molar refractivity (Wildman–Crippen MR) is 87.8 cm³/mol. The van der Waals surface area contributed by atoms with Gasteiger partial charge in [-0.2, -0.15) is 0 Å². The zero-order valence-electron chi connectivity index (χ0n) is 13.7. The van der Waals surface area contributed by atoms with Gasteiger partial charge in [-0.05, 0) is 19.3 Å². The van der Waals surface area contributed by atoms with Gasteiger partial charge in [0.2, 0.25) is 0 Å². The summed E-state index contributed by atoms with van der Waals surface area (Å²) < 4.78 is 11.5. The van der Waals surface area contributed by atoms with Crippen molar-refractivity contribution >= 4 is 5.82 Å². The topological polar surface area (TPSA) is 83.2 Å². The quantitative estimate of drug-likeness (QED) is 0.933. The Hall–Kier alpha value is -2.21. The molecule has 2 aromatic rings. The molecule has 1 aliphatic rings. The SMILES string of the molecule is Cc1ncc(Oc2cc(C3CCOC3)ncc2C(C)C)c(N)n1. The van der Waals surface area contributed by atoms with Crippen molar-refractivity contribution in [3.05, 3.63) is 35.5 Å². The molecule has 2 N–H and O–H groups in total. The van der Waals surface area contributed by atoms with E-state index in [0.717, 1.165) is 30.0 Å². The highest BCUT2D eigenvalue weighted by molar-refractivity contribution is 5.48.